The molecule has 0 saturated carbocycles. The van der Waals surface area contributed by atoms with Gasteiger partial charge in [0.25, 0.3) is 0 Å². The summed E-state index contributed by atoms with van der Waals surface area (Å²) in [4.78, 5) is 11.8. The fraction of sp³-hybridized carbons (Fsp3) is 0.111. The van der Waals surface area contributed by atoms with Crippen molar-refractivity contribution in [2.45, 2.75) is 6.42 Å². The Morgan fingerprint density at radius 2 is 1.86 bits per heavy atom. The third kappa shape index (κ3) is 3.41. The number of carbonyl (C=O) groups excluding carboxylic acids is 1. The molecule has 1 heterocycles. The summed E-state index contributed by atoms with van der Waals surface area (Å²) in [5, 5.41) is 4.76. The normalized spacial score (nSPS) is 11.1. The number of fused-ring (bicyclic) bond motifs is 1. The third-order valence-corrected chi connectivity index (χ3v) is 3.21. The summed E-state index contributed by atoms with van der Waals surface area (Å²) in [7, 11) is 0. The Labute approximate surface area is 128 Å². The van der Waals surface area contributed by atoms with Crippen LogP contribution in [0.5, 0.6) is 0 Å². The lowest BCUT2D eigenvalue weighted by molar-refractivity contribution is -0.141. The van der Waals surface area contributed by atoms with E-state index in [0.717, 1.165) is 10.9 Å². The first-order valence-corrected chi connectivity index (χ1v) is 7.03. The van der Waals surface area contributed by atoms with Crippen molar-refractivity contribution in [1.29, 1.82) is 0 Å². The smallest absolute Gasteiger partial charge is 0.312 e. The Morgan fingerprint density at radius 3 is 2.73 bits per heavy atom. The highest BCUT2D eigenvalue weighted by atomic mass is 16.5. The minimum absolute atomic E-state index is 0.107. The molecule has 0 aliphatic carbocycles. The van der Waals surface area contributed by atoms with E-state index in [1.54, 1.807) is 0 Å². The van der Waals surface area contributed by atoms with Crippen LogP contribution >= 0.6 is 0 Å². The van der Waals surface area contributed by atoms with E-state index >= 15 is 0 Å². The highest BCUT2D eigenvalue weighted by molar-refractivity contribution is 5.84. The molecule has 0 bridgehead atoms. The lowest BCUT2D eigenvalue weighted by Gasteiger charge is -2.00. The van der Waals surface area contributed by atoms with Crippen molar-refractivity contribution < 1.29 is 14.1 Å². The van der Waals surface area contributed by atoms with Crippen LogP contribution in [0.1, 0.15) is 11.3 Å². The number of hydrogen-bond acceptors (Lipinski definition) is 4. The van der Waals surface area contributed by atoms with Gasteiger partial charge in [0.2, 0.25) is 0 Å². The first kappa shape index (κ1) is 14.1. The van der Waals surface area contributed by atoms with Gasteiger partial charge in [0.1, 0.15) is 12.3 Å². The van der Waals surface area contributed by atoms with E-state index in [4.69, 9.17) is 9.26 Å². The van der Waals surface area contributed by atoms with Crippen LogP contribution in [0.15, 0.2) is 65.2 Å². The molecule has 3 aromatic rings. The van der Waals surface area contributed by atoms with Gasteiger partial charge in [-0.3, -0.25) is 4.79 Å². The number of rotatable bonds is 5. The number of aromatic nitrogens is 1. The molecule has 0 fully saturated rings. The van der Waals surface area contributed by atoms with Gasteiger partial charge in [-0.15, -0.1) is 0 Å². The number of ether oxygens (including phenoxy) is 1. The third-order valence-electron chi connectivity index (χ3n) is 3.21. The van der Waals surface area contributed by atoms with Gasteiger partial charge in [-0.1, -0.05) is 53.7 Å². The van der Waals surface area contributed by atoms with Crippen LogP contribution in [0.4, 0.5) is 0 Å². The zero-order valence-corrected chi connectivity index (χ0v) is 11.9. The molecule has 1 aromatic heterocycles. The summed E-state index contributed by atoms with van der Waals surface area (Å²) in [5.41, 5.74) is 2.35. The SMILES string of the molecule is O=C(Cc1noc2ccccc12)OC/C=C/c1ccccc1. The maximum atomic E-state index is 11.8. The lowest BCUT2D eigenvalue weighted by Crippen LogP contribution is -2.08. The molecular formula is C18H15NO3. The second kappa shape index (κ2) is 6.72. The van der Waals surface area contributed by atoms with E-state index in [0.29, 0.717) is 11.3 Å². The standard InChI is InChI=1S/C18H15NO3/c20-18(21-12-6-9-14-7-2-1-3-8-14)13-16-15-10-4-5-11-17(15)22-19-16/h1-11H,12-13H2/b9-6+. The second-order valence-electron chi connectivity index (χ2n) is 4.80. The van der Waals surface area contributed by atoms with Crippen molar-refractivity contribution in [3.05, 3.63) is 71.9 Å². The number of benzene rings is 2. The number of hydrogen-bond donors (Lipinski definition) is 0. The van der Waals surface area contributed by atoms with E-state index in [1.165, 1.54) is 0 Å². The highest BCUT2D eigenvalue weighted by Crippen LogP contribution is 2.18. The molecule has 4 nitrogen and oxygen atoms in total. The number of para-hydroxylation sites is 1. The van der Waals surface area contributed by atoms with Crippen LogP contribution in [0.3, 0.4) is 0 Å². The summed E-state index contributed by atoms with van der Waals surface area (Å²) in [6.07, 6.45) is 3.84. The van der Waals surface area contributed by atoms with Gasteiger partial charge < -0.3 is 9.26 Å². The van der Waals surface area contributed by atoms with Crippen LogP contribution < -0.4 is 0 Å². The molecule has 110 valence electrons. The molecule has 2 aromatic carbocycles. The molecule has 0 aliphatic rings. The Bertz CT molecular complexity index is 790. The van der Waals surface area contributed by atoms with Crippen LogP contribution in [0.25, 0.3) is 17.0 Å². The molecule has 4 heteroatoms. The van der Waals surface area contributed by atoms with Gasteiger partial charge in [-0.25, -0.2) is 0 Å². The van der Waals surface area contributed by atoms with Crippen molar-refractivity contribution in [2.24, 2.45) is 0 Å². The Kier molecular flexibility index (Phi) is 4.30. The average molecular weight is 293 g/mol. The van der Waals surface area contributed by atoms with Gasteiger partial charge in [-0.2, -0.15) is 0 Å². The summed E-state index contributed by atoms with van der Waals surface area (Å²) in [6, 6.07) is 17.3. The van der Waals surface area contributed by atoms with Gasteiger partial charge in [0.05, 0.1) is 6.42 Å². The van der Waals surface area contributed by atoms with Crippen molar-refractivity contribution in [3.63, 3.8) is 0 Å². The van der Waals surface area contributed by atoms with Crippen LogP contribution in [-0.2, 0) is 16.0 Å². The summed E-state index contributed by atoms with van der Waals surface area (Å²) >= 11 is 0. The molecule has 0 radical (unpaired) electrons. The van der Waals surface area contributed by atoms with E-state index in [-0.39, 0.29) is 19.0 Å². The second-order valence-corrected chi connectivity index (χ2v) is 4.80. The maximum Gasteiger partial charge on any atom is 0.312 e. The Balaban J connectivity index is 1.54. The van der Waals surface area contributed by atoms with Crippen molar-refractivity contribution >= 4 is 23.0 Å². The predicted molar refractivity (Wildman–Crippen MR) is 84.1 cm³/mol. The molecule has 0 unspecified atom stereocenters. The Morgan fingerprint density at radius 1 is 1.09 bits per heavy atom. The number of nitrogens with zero attached hydrogens (tertiary/aromatic N) is 1. The number of esters is 1. The van der Waals surface area contributed by atoms with Crippen LogP contribution in [0.2, 0.25) is 0 Å². The van der Waals surface area contributed by atoms with Crippen molar-refractivity contribution in [3.8, 4) is 0 Å². The average Bonchev–Trinajstić information content (AvgIpc) is 2.96. The van der Waals surface area contributed by atoms with E-state index in [2.05, 4.69) is 5.16 Å². The van der Waals surface area contributed by atoms with E-state index in [1.807, 2.05) is 66.7 Å². The fourth-order valence-corrected chi connectivity index (χ4v) is 2.14. The van der Waals surface area contributed by atoms with Gasteiger partial charge >= 0.3 is 5.97 Å². The zero-order chi connectivity index (χ0) is 15.2. The molecule has 0 aliphatic heterocycles. The summed E-state index contributed by atoms with van der Waals surface area (Å²) < 4.78 is 10.3. The summed E-state index contributed by atoms with van der Waals surface area (Å²) in [6.45, 7) is 0.240. The fourth-order valence-electron chi connectivity index (χ4n) is 2.14. The van der Waals surface area contributed by atoms with Crippen LogP contribution in [-0.4, -0.2) is 17.7 Å². The predicted octanol–water partition coefficient (Wildman–Crippen LogP) is 3.63. The van der Waals surface area contributed by atoms with Crippen molar-refractivity contribution in [2.75, 3.05) is 6.61 Å². The Hall–Kier alpha value is -2.88. The van der Waals surface area contributed by atoms with Gasteiger partial charge in [0.15, 0.2) is 5.58 Å². The number of carbonyl (C=O) groups is 1. The summed E-state index contributed by atoms with van der Waals surface area (Å²) in [5.74, 6) is -0.322. The largest absolute Gasteiger partial charge is 0.461 e. The zero-order valence-electron chi connectivity index (χ0n) is 11.9. The lowest BCUT2D eigenvalue weighted by atomic mass is 10.2. The minimum Gasteiger partial charge on any atom is -0.461 e. The molecule has 0 spiro atoms. The van der Waals surface area contributed by atoms with Crippen molar-refractivity contribution in [1.82, 2.24) is 5.16 Å². The molecule has 0 saturated heterocycles. The molecule has 0 atom stereocenters. The van der Waals surface area contributed by atoms with Crippen LogP contribution in [0, 0.1) is 0 Å². The van der Waals surface area contributed by atoms with E-state index < -0.39 is 0 Å². The molecule has 22 heavy (non-hydrogen) atoms. The topological polar surface area (TPSA) is 52.3 Å². The molecule has 3 rings (SSSR count). The molecular weight excluding hydrogens is 278 g/mol. The van der Waals surface area contributed by atoms with Gasteiger partial charge in [0, 0.05) is 5.39 Å². The highest BCUT2D eigenvalue weighted by Gasteiger charge is 2.12. The molecule has 0 N–H and O–H groups in total. The van der Waals surface area contributed by atoms with E-state index in [9.17, 15) is 4.79 Å². The monoisotopic (exact) mass is 293 g/mol. The maximum absolute atomic E-state index is 11.8. The quantitative estimate of drug-likeness (QED) is 0.674. The first-order valence-electron chi connectivity index (χ1n) is 7.03. The first-order chi connectivity index (χ1) is 10.8. The van der Waals surface area contributed by atoms with Gasteiger partial charge in [-0.05, 0) is 23.8 Å². The molecule has 0 amide bonds. The minimum atomic E-state index is -0.322.